The molecule has 0 bridgehead atoms. The molecule has 100 valence electrons. The number of halogens is 2. The van der Waals surface area contributed by atoms with E-state index in [1.165, 1.54) is 24.3 Å². The predicted octanol–water partition coefficient (Wildman–Crippen LogP) is 3.87. The second-order valence-electron chi connectivity index (χ2n) is 4.09. The average Bonchev–Trinajstić information content (AvgIpc) is 2.80. The molecular weight excluding hydrogens is 283 g/mol. The highest BCUT2D eigenvalue weighted by Gasteiger charge is 2.11. The number of amides is 1. The average molecular weight is 291 g/mol. The van der Waals surface area contributed by atoms with E-state index in [2.05, 4.69) is 10.3 Å². The van der Waals surface area contributed by atoms with E-state index in [0.717, 1.165) is 0 Å². The molecule has 3 rings (SSSR count). The Balaban J connectivity index is 1.85. The number of oxazole rings is 1. The summed E-state index contributed by atoms with van der Waals surface area (Å²) in [5.74, 6) is -0.833. The fourth-order valence-electron chi connectivity index (χ4n) is 1.72. The lowest BCUT2D eigenvalue weighted by atomic mass is 10.2. The Bertz CT molecular complexity index is 783. The Hall–Kier alpha value is -2.40. The van der Waals surface area contributed by atoms with E-state index in [4.69, 9.17) is 16.0 Å². The molecule has 0 fully saturated rings. The molecule has 0 radical (unpaired) electrons. The summed E-state index contributed by atoms with van der Waals surface area (Å²) in [6.07, 6.45) is 0. The number of rotatable bonds is 2. The molecule has 0 spiro atoms. The van der Waals surface area contributed by atoms with E-state index in [9.17, 15) is 9.18 Å². The predicted molar refractivity (Wildman–Crippen MR) is 73.4 cm³/mol. The Kier molecular flexibility index (Phi) is 3.12. The molecule has 1 N–H and O–H groups in total. The molecular formula is C14H8ClFN2O2. The highest BCUT2D eigenvalue weighted by atomic mass is 35.5. The van der Waals surface area contributed by atoms with E-state index < -0.39 is 11.7 Å². The molecule has 0 saturated heterocycles. The first-order valence-electron chi connectivity index (χ1n) is 5.75. The number of anilines is 1. The molecule has 0 saturated carbocycles. The van der Waals surface area contributed by atoms with Gasteiger partial charge in [0.1, 0.15) is 11.3 Å². The molecule has 4 nitrogen and oxygen atoms in total. The summed E-state index contributed by atoms with van der Waals surface area (Å²) in [5.41, 5.74) is 1.38. The minimum absolute atomic E-state index is 0.0663. The number of aromatic nitrogens is 1. The molecule has 3 aromatic rings. The van der Waals surface area contributed by atoms with E-state index in [1.54, 1.807) is 18.2 Å². The van der Waals surface area contributed by atoms with Crippen LogP contribution in [0.1, 0.15) is 10.4 Å². The summed E-state index contributed by atoms with van der Waals surface area (Å²) >= 11 is 5.84. The fourth-order valence-corrected chi connectivity index (χ4v) is 1.89. The van der Waals surface area contributed by atoms with Crippen molar-refractivity contribution in [2.45, 2.75) is 0 Å². The molecule has 1 heterocycles. The zero-order valence-corrected chi connectivity index (χ0v) is 10.8. The standard InChI is InChI=1S/C14H8ClFN2O2/c15-9-3-6-12-11(7-9)17-14(20-12)18-13(19)8-1-4-10(16)5-2-8/h1-7H,(H,17,18,19). The van der Waals surface area contributed by atoms with Gasteiger partial charge in [-0.25, -0.2) is 4.39 Å². The third-order valence-electron chi connectivity index (χ3n) is 2.68. The normalized spacial score (nSPS) is 10.7. The number of fused-ring (bicyclic) bond motifs is 1. The van der Waals surface area contributed by atoms with Crippen molar-refractivity contribution in [3.63, 3.8) is 0 Å². The van der Waals surface area contributed by atoms with Gasteiger partial charge in [-0.3, -0.25) is 10.1 Å². The Morgan fingerprint density at radius 1 is 1.20 bits per heavy atom. The maximum absolute atomic E-state index is 12.8. The number of hydrogen-bond donors (Lipinski definition) is 1. The van der Waals surface area contributed by atoms with Gasteiger partial charge in [0, 0.05) is 10.6 Å². The number of benzene rings is 2. The maximum Gasteiger partial charge on any atom is 0.302 e. The number of nitrogens with zero attached hydrogens (tertiary/aromatic N) is 1. The van der Waals surface area contributed by atoms with Gasteiger partial charge in [0.2, 0.25) is 0 Å². The van der Waals surface area contributed by atoms with Crippen LogP contribution in [0.4, 0.5) is 10.4 Å². The van der Waals surface area contributed by atoms with Crippen molar-refractivity contribution < 1.29 is 13.6 Å². The van der Waals surface area contributed by atoms with E-state index >= 15 is 0 Å². The van der Waals surface area contributed by atoms with Crippen LogP contribution in [-0.2, 0) is 0 Å². The SMILES string of the molecule is O=C(Nc1nc2cc(Cl)ccc2o1)c1ccc(F)cc1. The van der Waals surface area contributed by atoms with Gasteiger partial charge in [0.05, 0.1) is 0 Å². The number of hydrogen-bond acceptors (Lipinski definition) is 3. The summed E-state index contributed by atoms with van der Waals surface area (Å²) in [6, 6.07) is 10.2. The highest BCUT2D eigenvalue weighted by Crippen LogP contribution is 2.22. The van der Waals surface area contributed by atoms with Gasteiger partial charge in [-0.05, 0) is 42.5 Å². The van der Waals surface area contributed by atoms with E-state index in [-0.39, 0.29) is 6.01 Å². The fraction of sp³-hybridized carbons (Fsp3) is 0. The van der Waals surface area contributed by atoms with Crippen molar-refractivity contribution in [2.75, 3.05) is 5.32 Å². The van der Waals surface area contributed by atoms with Crippen LogP contribution in [0.15, 0.2) is 46.9 Å². The largest absolute Gasteiger partial charge is 0.423 e. The maximum atomic E-state index is 12.8. The summed E-state index contributed by atoms with van der Waals surface area (Å²) in [7, 11) is 0. The van der Waals surface area contributed by atoms with Crippen molar-refractivity contribution in [1.29, 1.82) is 0 Å². The van der Waals surface area contributed by atoms with Crippen molar-refractivity contribution in [3.05, 3.63) is 58.9 Å². The summed E-state index contributed by atoms with van der Waals surface area (Å²) in [4.78, 5) is 16.0. The van der Waals surface area contributed by atoms with Gasteiger partial charge in [-0.1, -0.05) is 11.6 Å². The Morgan fingerprint density at radius 2 is 1.95 bits per heavy atom. The molecule has 0 atom stereocenters. The minimum Gasteiger partial charge on any atom is -0.423 e. The Labute approximate surface area is 118 Å². The molecule has 2 aromatic carbocycles. The van der Waals surface area contributed by atoms with Crippen molar-refractivity contribution in [3.8, 4) is 0 Å². The number of carbonyl (C=O) groups is 1. The quantitative estimate of drug-likeness (QED) is 0.779. The van der Waals surface area contributed by atoms with Gasteiger partial charge in [0.15, 0.2) is 5.58 Å². The van der Waals surface area contributed by atoms with Crippen LogP contribution >= 0.6 is 11.6 Å². The molecule has 1 aromatic heterocycles. The van der Waals surface area contributed by atoms with Crippen LogP contribution in [0.25, 0.3) is 11.1 Å². The summed E-state index contributed by atoms with van der Waals surface area (Å²) in [5, 5.41) is 3.03. The second kappa shape index (κ2) is 4.94. The summed E-state index contributed by atoms with van der Waals surface area (Å²) in [6.45, 7) is 0. The van der Waals surface area contributed by atoms with Gasteiger partial charge in [0.25, 0.3) is 5.91 Å². The monoisotopic (exact) mass is 290 g/mol. The number of carbonyl (C=O) groups excluding carboxylic acids is 1. The lowest BCUT2D eigenvalue weighted by molar-refractivity contribution is 0.102. The first kappa shape index (κ1) is 12.6. The van der Waals surface area contributed by atoms with Crippen LogP contribution < -0.4 is 5.32 Å². The lowest BCUT2D eigenvalue weighted by Crippen LogP contribution is -2.11. The molecule has 0 aliphatic carbocycles. The third-order valence-corrected chi connectivity index (χ3v) is 2.91. The van der Waals surface area contributed by atoms with Gasteiger partial charge < -0.3 is 4.42 Å². The van der Waals surface area contributed by atoms with Crippen LogP contribution in [0.3, 0.4) is 0 Å². The molecule has 0 aliphatic heterocycles. The molecule has 6 heteroatoms. The van der Waals surface area contributed by atoms with Crippen molar-refractivity contribution in [2.24, 2.45) is 0 Å². The molecule has 0 aliphatic rings. The lowest BCUT2D eigenvalue weighted by Gasteiger charge is -2.00. The van der Waals surface area contributed by atoms with Gasteiger partial charge in [-0.15, -0.1) is 0 Å². The Morgan fingerprint density at radius 3 is 2.70 bits per heavy atom. The van der Waals surface area contributed by atoms with E-state index in [0.29, 0.717) is 21.7 Å². The van der Waals surface area contributed by atoms with Crippen LogP contribution in [-0.4, -0.2) is 10.9 Å². The van der Waals surface area contributed by atoms with E-state index in [1.807, 2.05) is 0 Å². The minimum atomic E-state index is -0.428. The van der Waals surface area contributed by atoms with Crippen molar-refractivity contribution in [1.82, 2.24) is 4.98 Å². The third kappa shape index (κ3) is 2.48. The van der Waals surface area contributed by atoms with Crippen LogP contribution in [0.2, 0.25) is 5.02 Å². The second-order valence-corrected chi connectivity index (χ2v) is 4.53. The first-order chi connectivity index (χ1) is 9.61. The highest BCUT2D eigenvalue weighted by molar-refractivity contribution is 6.31. The van der Waals surface area contributed by atoms with Crippen LogP contribution in [0, 0.1) is 5.82 Å². The number of nitrogens with one attached hydrogen (secondary N) is 1. The van der Waals surface area contributed by atoms with Crippen LogP contribution in [0.5, 0.6) is 0 Å². The van der Waals surface area contributed by atoms with Crippen molar-refractivity contribution >= 4 is 34.6 Å². The smallest absolute Gasteiger partial charge is 0.302 e. The zero-order chi connectivity index (χ0) is 14.1. The first-order valence-corrected chi connectivity index (χ1v) is 6.12. The zero-order valence-electron chi connectivity index (χ0n) is 10.1. The van der Waals surface area contributed by atoms with Gasteiger partial charge in [-0.2, -0.15) is 4.98 Å². The molecule has 20 heavy (non-hydrogen) atoms. The summed E-state index contributed by atoms with van der Waals surface area (Å²) < 4.78 is 18.1. The van der Waals surface area contributed by atoms with Gasteiger partial charge >= 0.3 is 6.01 Å². The topological polar surface area (TPSA) is 55.1 Å². The molecule has 1 amide bonds. The molecule has 0 unspecified atom stereocenters.